The molecule has 0 unspecified atom stereocenters. The van der Waals surface area contributed by atoms with Gasteiger partial charge in [-0.2, -0.15) is 17.9 Å². The van der Waals surface area contributed by atoms with E-state index in [2.05, 4.69) is 24.5 Å². The topological polar surface area (TPSA) is 49.8 Å². The number of nitrogens with zero attached hydrogens (tertiary/aromatic N) is 1. The third kappa shape index (κ3) is 2.43. The highest BCUT2D eigenvalue weighted by molar-refractivity contribution is 7.80. The van der Waals surface area contributed by atoms with Crippen LogP contribution in [0.5, 0.6) is 0 Å². The van der Waals surface area contributed by atoms with Gasteiger partial charge in [-0.3, -0.25) is 0 Å². The first kappa shape index (κ1) is 9.51. The summed E-state index contributed by atoms with van der Waals surface area (Å²) >= 11 is 3.96. The summed E-state index contributed by atoms with van der Waals surface area (Å²) < 4.78 is 0. The van der Waals surface area contributed by atoms with Crippen LogP contribution in [0.2, 0.25) is 0 Å². The third-order valence-electron chi connectivity index (χ3n) is 1.48. The minimum Gasteiger partial charge on any atom is -0.398 e. The van der Waals surface area contributed by atoms with Crippen LogP contribution < -0.4 is 5.73 Å². The summed E-state index contributed by atoms with van der Waals surface area (Å²) in [7, 11) is 0. The van der Waals surface area contributed by atoms with Crippen molar-refractivity contribution in [1.82, 2.24) is 0 Å². The maximum Gasteiger partial charge on any atom is 0.101 e. The summed E-state index contributed by atoms with van der Waals surface area (Å²) in [5.74, 6) is 6.19. The van der Waals surface area contributed by atoms with Crippen molar-refractivity contribution in [2.75, 3.05) is 11.5 Å². The maximum absolute atomic E-state index is 8.61. The average Bonchev–Trinajstić information content (AvgIpc) is 2.15. The normalized spacial score (nSPS) is 8.31. The Labute approximate surface area is 82.8 Å². The smallest absolute Gasteiger partial charge is 0.101 e. The summed E-state index contributed by atoms with van der Waals surface area (Å²) in [4.78, 5) is 0. The second-order valence-corrected chi connectivity index (χ2v) is 2.69. The van der Waals surface area contributed by atoms with Crippen molar-refractivity contribution >= 4 is 18.3 Å². The monoisotopic (exact) mass is 188 g/mol. The number of nitrogen functional groups attached to an aromatic ring is 1. The van der Waals surface area contributed by atoms with E-state index in [4.69, 9.17) is 11.0 Å². The molecule has 0 aromatic heterocycles. The Morgan fingerprint density at radius 3 is 2.77 bits per heavy atom. The molecule has 0 radical (unpaired) electrons. The second-order valence-electron chi connectivity index (χ2n) is 2.37. The van der Waals surface area contributed by atoms with Gasteiger partial charge in [0, 0.05) is 5.56 Å². The van der Waals surface area contributed by atoms with Crippen molar-refractivity contribution in [3.8, 4) is 17.9 Å². The molecule has 1 aromatic carbocycles. The van der Waals surface area contributed by atoms with Crippen molar-refractivity contribution in [3.63, 3.8) is 0 Å². The lowest BCUT2D eigenvalue weighted by Gasteiger charge is -1.96. The van der Waals surface area contributed by atoms with Gasteiger partial charge in [-0.15, -0.1) is 0 Å². The highest BCUT2D eigenvalue weighted by atomic mass is 32.1. The summed E-state index contributed by atoms with van der Waals surface area (Å²) in [6.45, 7) is 0. The maximum atomic E-state index is 8.61. The van der Waals surface area contributed by atoms with E-state index < -0.39 is 0 Å². The SMILES string of the molecule is N#Cc1ccc(C#CCS)cc1N. The minimum absolute atomic E-state index is 0.466. The largest absolute Gasteiger partial charge is 0.398 e. The highest BCUT2D eigenvalue weighted by Gasteiger charge is 1.96. The van der Waals surface area contributed by atoms with E-state index in [1.807, 2.05) is 6.07 Å². The number of anilines is 1. The van der Waals surface area contributed by atoms with E-state index in [-0.39, 0.29) is 0 Å². The van der Waals surface area contributed by atoms with E-state index >= 15 is 0 Å². The van der Waals surface area contributed by atoms with Crippen LogP contribution in [0.15, 0.2) is 18.2 Å². The Morgan fingerprint density at radius 1 is 1.46 bits per heavy atom. The van der Waals surface area contributed by atoms with Gasteiger partial charge >= 0.3 is 0 Å². The van der Waals surface area contributed by atoms with Crippen molar-refractivity contribution in [2.24, 2.45) is 0 Å². The molecule has 64 valence electrons. The van der Waals surface area contributed by atoms with Crippen molar-refractivity contribution in [2.45, 2.75) is 0 Å². The fourth-order valence-electron chi connectivity index (χ4n) is 0.884. The molecule has 0 atom stereocenters. The van der Waals surface area contributed by atoms with E-state index in [9.17, 15) is 0 Å². The van der Waals surface area contributed by atoms with Gasteiger partial charge in [0.1, 0.15) is 6.07 Å². The first-order chi connectivity index (χ1) is 6.27. The zero-order chi connectivity index (χ0) is 9.68. The molecule has 0 bridgehead atoms. The summed E-state index contributed by atoms with van der Waals surface area (Å²) in [6, 6.07) is 7.11. The molecule has 3 heteroatoms. The zero-order valence-corrected chi connectivity index (χ0v) is 7.81. The zero-order valence-electron chi connectivity index (χ0n) is 6.91. The Kier molecular flexibility index (Phi) is 3.25. The number of hydrogen-bond donors (Lipinski definition) is 2. The van der Waals surface area contributed by atoms with Gasteiger partial charge in [-0.25, -0.2) is 0 Å². The van der Waals surface area contributed by atoms with Crippen LogP contribution >= 0.6 is 12.6 Å². The summed E-state index contributed by atoms with van der Waals surface area (Å²) in [5.41, 5.74) is 7.35. The molecule has 0 saturated heterocycles. The molecule has 0 amide bonds. The lowest BCUT2D eigenvalue weighted by molar-refractivity contribution is 1.48. The molecule has 0 heterocycles. The first-order valence-corrected chi connectivity index (χ1v) is 4.30. The van der Waals surface area contributed by atoms with Crippen LogP contribution in [0.1, 0.15) is 11.1 Å². The molecule has 0 spiro atoms. The molecule has 0 aliphatic heterocycles. The van der Waals surface area contributed by atoms with Crippen LogP contribution in [0, 0.1) is 23.2 Å². The van der Waals surface area contributed by atoms with Gasteiger partial charge in [-0.05, 0) is 18.2 Å². The molecular weight excluding hydrogens is 180 g/mol. The van der Waals surface area contributed by atoms with Gasteiger partial charge in [0.05, 0.1) is 17.0 Å². The first-order valence-electron chi connectivity index (χ1n) is 3.67. The van der Waals surface area contributed by atoms with Crippen LogP contribution in [0.4, 0.5) is 5.69 Å². The third-order valence-corrected chi connectivity index (χ3v) is 1.64. The number of thiol groups is 1. The van der Waals surface area contributed by atoms with Gasteiger partial charge in [0.15, 0.2) is 0 Å². The molecule has 1 rings (SSSR count). The Hall–Kier alpha value is -1.58. The van der Waals surface area contributed by atoms with Crippen LogP contribution in [-0.2, 0) is 0 Å². The van der Waals surface area contributed by atoms with Crippen LogP contribution in [0.3, 0.4) is 0 Å². The Bertz CT molecular complexity index is 407. The predicted molar refractivity (Wildman–Crippen MR) is 56.3 cm³/mol. The van der Waals surface area contributed by atoms with E-state index in [1.165, 1.54) is 0 Å². The molecule has 2 nitrogen and oxygen atoms in total. The fraction of sp³-hybridized carbons (Fsp3) is 0.100. The highest BCUT2D eigenvalue weighted by Crippen LogP contribution is 2.11. The summed E-state index contributed by atoms with van der Waals surface area (Å²) in [6.07, 6.45) is 0. The minimum atomic E-state index is 0.466. The van der Waals surface area contributed by atoms with Crippen molar-refractivity contribution < 1.29 is 0 Å². The Morgan fingerprint density at radius 2 is 2.23 bits per heavy atom. The molecule has 13 heavy (non-hydrogen) atoms. The van der Waals surface area contributed by atoms with Crippen molar-refractivity contribution in [1.29, 1.82) is 5.26 Å². The molecule has 0 aliphatic rings. The lowest BCUT2D eigenvalue weighted by Crippen LogP contribution is -1.90. The van der Waals surface area contributed by atoms with E-state index in [0.717, 1.165) is 5.56 Å². The number of hydrogen-bond acceptors (Lipinski definition) is 3. The van der Waals surface area contributed by atoms with Crippen LogP contribution in [0.25, 0.3) is 0 Å². The number of nitrogens with two attached hydrogens (primary N) is 1. The molecule has 0 aliphatic carbocycles. The summed E-state index contributed by atoms with van der Waals surface area (Å²) in [5, 5.41) is 8.61. The number of benzene rings is 1. The molecule has 2 N–H and O–H groups in total. The van der Waals surface area contributed by atoms with E-state index in [1.54, 1.807) is 18.2 Å². The number of rotatable bonds is 0. The predicted octanol–water partition coefficient (Wildman–Crippen LogP) is 1.42. The van der Waals surface area contributed by atoms with Gasteiger partial charge < -0.3 is 5.73 Å². The van der Waals surface area contributed by atoms with E-state index in [0.29, 0.717) is 17.0 Å². The molecular formula is C10H8N2S. The van der Waals surface area contributed by atoms with Gasteiger partial charge in [0.2, 0.25) is 0 Å². The molecule has 0 fully saturated rings. The van der Waals surface area contributed by atoms with Crippen molar-refractivity contribution in [3.05, 3.63) is 29.3 Å². The molecule has 0 saturated carbocycles. The standard InChI is InChI=1S/C10H8N2S/c11-7-9-4-3-8(2-1-5-13)6-10(9)12/h3-4,6,13H,5,12H2. The lowest BCUT2D eigenvalue weighted by atomic mass is 10.1. The fourth-order valence-corrected chi connectivity index (χ4v) is 0.963. The molecule has 1 aromatic rings. The van der Waals surface area contributed by atoms with Gasteiger partial charge in [0.25, 0.3) is 0 Å². The Balaban J connectivity index is 3.04. The number of nitriles is 1. The average molecular weight is 188 g/mol. The second kappa shape index (κ2) is 4.45. The quantitative estimate of drug-likeness (QED) is 0.367. The van der Waals surface area contributed by atoms with Gasteiger partial charge in [-0.1, -0.05) is 11.8 Å². The van der Waals surface area contributed by atoms with Crippen LogP contribution in [-0.4, -0.2) is 5.75 Å².